The van der Waals surface area contributed by atoms with Gasteiger partial charge in [0.1, 0.15) is 35.8 Å². The molecule has 1 aliphatic heterocycles. The van der Waals surface area contributed by atoms with Crippen molar-refractivity contribution in [3.63, 3.8) is 0 Å². The van der Waals surface area contributed by atoms with Crippen molar-refractivity contribution in [1.82, 2.24) is 0 Å². The Balaban J connectivity index is 2.33. The average molecular weight is 353 g/mol. The van der Waals surface area contributed by atoms with Crippen LogP contribution in [0, 0.1) is 5.82 Å². The molecule has 5 atom stereocenters. The zero-order valence-corrected chi connectivity index (χ0v) is 12.2. The van der Waals surface area contributed by atoms with E-state index in [9.17, 15) is 24.5 Å². The number of benzene rings is 1. The molecule has 128 valence electrons. The average Bonchev–Trinajstić information content (AvgIpc) is 2.49. The van der Waals surface area contributed by atoms with Crippen LogP contribution >= 0.6 is 11.6 Å². The fourth-order valence-electron chi connectivity index (χ4n) is 2.12. The first kappa shape index (κ1) is 17.9. The molecule has 2 rings (SSSR count). The summed E-state index contributed by atoms with van der Waals surface area (Å²) in [6.45, 7) is -0.687. The summed E-state index contributed by atoms with van der Waals surface area (Å²) < 4.78 is 23.5. The van der Waals surface area contributed by atoms with Crippen molar-refractivity contribution < 1.29 is 44.2 Å². The number of hydrogen-bond acceptors (Lipinski definition) is 7. The standard InChI is InChI=1S/C13H14ClFO8/c14-6-2-4(15)1-5(12(20)21)11(6)23-13-10(19)9(18)8(17)7(3-16)22-13/h1-2,7-10,13,16-19H,3H2,(H,20,21)/t7-,8-,9+,10-,13?/m1/s1. The van der Waals surface area contributed by atoms with Gasteiger partial charge in [0.15, 0.2) is 5.75 Å². The van der Waals surface area contributed by atoms with Crippen LogP contribution in [0.3, 0.4) is 0 Å². The molecular formula is C13H14ClFO8. The topological polar surface area (TPSA) is 137 Å². The van der Waals surface area contributed by atoms with Crippen LogP contribution in [0.4, 0.5) is 4.39 Å². The van der Waals surface area contributed by atoms with E-state index in [-0.39, 0.29) is 5.02 Å². The summed E-state index contributed by atoms with van der Waals surface area (Å²) in [4.78, 5) is 11.1. The summed E-state index contributed by atoms with van der Waals surface area (Å²) >= 11 is 5.75. The molecule has 0 saturated carbocycles. The molecule has 0 aromatic heterocycles. The van der Waals surface area contributed by atoms with Crippen LogP contribution < -0.4 is 4.74 Å². The van der Waals surface area contributed by atoms with Crippen LogP contribution in [0.15, 0.2) is 12.1 Å². The van der Waals surface area contributed by atoms with Crippen LogP contribution in [0.5, 0.6) is 5.75 Å². The number of carboxylic acids is 1. The van der Waals surface area contributed by atoms with Crippen LogP contribution in [0.2, 0.25) is 5.02 Å². The van der Waals surface area contributed by atoms with E-state index < -0.39 is 60.4 Å². The Bertz CT molecular complexity index is 596. The van der Waals surface area contributed by atoms with Crippen LogP contribution in [-0.4, -0.2) is 68.8 Å². The van der Waals surface area contributed by atoms with E-state index in [2.05, 4.69) is 0 Å². The summed E-state index contributed by atoms with van der Waals surface area (Å²) in [5.41, 5.74) is -0.619. The second kappa shape index (κ2) is 6.95. The minimum absolute atomic E-state index is 0.389. The summed E-state index contributed by atoms with van der Waals surface area (Å²) in [6.07, 6.45) is -7.94. The lowest BCUT2D eigenvalue weighted by molar-refractivity contribution is -0.277. The number of rotatable bonds is 4. The lowest BCUT2D eigenvalue weighted by Gasteiger charge is -2.39. The molecular weight excluding hydrogens is 339 g/mol. The third-order valence-corrected chi connectivity index (χ3v) is 3.60. The Kier molecular flexibility index (Phi) is 5.40. The lowest BCUT2D eigenvalue weighted by atomic mass is 9.99. The normalized spacial score (nSPS) is 31.0. The Hall–Kier alpha value is -1.49. The Morgan fingerprint density at radius 2 is 1.91 bits per heavy atom. The molecule has 8 nitrogen and oxygen atoms in total. The van der Waals surface area contributed by atoms with E-state index in [1.807, 2.05) is 0 Å². The smallest absolute Gasteiger partial charge is 0.339 e. The Morgan fingerprint density at radius 3 is 2.48 bits per heavy atom. The number of aromatic carboxylic acids is 1. The fourth-order valence-corrected chi connectivity index (χ4v) is 2.37. The van der Waals surface area contributed by atoms with Gasteiger partial charge >= 0.3 is 5.97 Å². The van der Waals surface area contributed by atoms with Crippen molar-refractivity contribution in [3.05, 3.63) is 28.5 Å². The monoisotopic (exact) mass is 352 g/mol. The van der Waals surface area contributed by atoms with Crippen molar-refractivity contribution in [3.8, 4) is 5.75 Å². The molecule has 10 heteroatoms. The van der Waals surface area contributed by atoms with E-state index in [0.717, 1.165) is 6.07 Å². The largest absolute Gasteiger partial charge is 0.478 e. The van der Waals surface area contributed by atoms with Gasteiger partial charge in [-0.2, -0.15) is 0 Å². The minimum atomic E-state index is -1.75. The third kappa shape index (κ3) is 3.55. The number of carbonyl (C=O) groups is 1. The molecule has 1 saturated heterocycles. The predicted molar refractivity (Wildman–Crippen MR) is 72.8 cm³/mol. The van der Waals surface area contributed by atoms with Crippen LogP contribution in [0.1, 0.15) is 10.4 Å². The number of carboxylic acid groups (broad SMARTS) is 1. The summed E-state index contributed by atoms with van der Waals surface area (Å²) in [7, 11) is 0. The molecule has 23 heavy (non-hydrogen) atoms. The van der Waals surface area contributed by atoms with E-state index in [1.54, 1.807) is 0 Å². The molecule has 0 amide bonds. The van der Waals surface area contributed by atoms with Crippen LogP contribution in [-0.2, 0) is 4.74 Å². The summed E-state index contributed by atoms with van der Waals surface area (Å²) in [5.74, 6) is -2.93. The Morgan fingerprint density at radius 1 is 1.26 bits per heavy atom. The number of aliphatic hydroxyl groups excluding tert-OH is 4. The van der Waals surface area contributed by atoms with Crippen molar-refractivity contribution >= 4 is 17.6 Å². The van der Waals surface area contributed by atoms with Gasteiger partial charge in [-0.05, 0) is 12.1 Å². The van der Waals surface area contributed by atoms with Gasteiger partial charge in [0.25, 0.3) is 0 Å². The van der Waals surface area contributed by atoms with Gasteiger partial charge in [-0.3, -0.25) is 0 Å². The molecule has 5 N–H and O–H groups in total. The van der Waals surface area contributed by atoms with Crippen molar-refractivity contribution in [2.24, 2.45) is 0 Å². The molecule has 1 fully saturated rings. The quantitative estimate of drug-likeness (QED) is 0.482. The first-order chi connectivity index (χ1) is 10.8. The van der Waals surface area contributed by atoms with E-state index >= 15 is 0 Å². The highest BCUT2D eigenvalue weighted by Crippen LogP contribution is 2.33. The maximum Gasteiger partial charge on any atom is 0.339 e. The van der Waals surface area contributed by atoms with Gasteiger partial charge in [-0.15, -0.1) is 0 Å². The van der Waals surface area contributed by atoms with Gasteiger partial charge in [-0.1, -0.05) is 11.6 Å². The molecule has 1 aromatic carbocycles. The predicted octanol–water partition coefficient (Wildman–Crippen LogP) is -0.644. The van der Waals surface area contributed by atoms with Crippen molar-refractivity contribution in [2.45, 2.75) is 30.7 Å². The van der Waals surface area contributed by atoms with E-state index in [0.29, 0.717) is 6.07 Å². The first-order valence-electron chi connectivity index (χ1n) is 6.45. The zero-order valence-electron chi connectivity index (χ0n) is 11.5. The zero-order chi connectivity index (χ0) is 17.3. The number of hydrogen-bond donors (Lipinski definition) is 5. The molecule has 1 aliphatic rings. The van der Waals surface area contributed by atoms with Gasteiger partial charge in [0, 0.05) is 0 Å². The maximum absolute atomic E-state index is 13.3. The van der Waals surface area contributed by atoms with Gasteiger partial charge < -0.3 is 35.0 Å². The van der Waals surface area contributed by atoms with E-state index in [1.165, 1.54) is 0 Å². The van der Waals surface area contributed by atoms with Crippen molar-refractivity contribution in [1.29, 1.82) is 0 Å². The first-order valence-corrected chi connectivity index (χ1v) is 6.83. The summed E-state index contributed by atoms with van der Waals surface area (Å²) in [5, 5.41) is 46.9. The van der Waals surface area contributed by atoms with Crippen molar-refractivity contribution in [2.75, 3.05) is 6.61 Å². The number of halogens is 2. The highest BCUT2D eigenvalue weighted by Gasteiger charge is 2.45. The molecule has 1 unspecified atom stereocenters. The van der Waals surface area contributed by atoms with Gasteiger partial charge in [0.05, 0.1) is 11.6 Å². The van der Waals surface area contributed by atoms with Crippen LogP contribution in [0.25, 0.3) is 0 Å². The number of ether oxygens (including phenoxy) is 2. The Labute approximate surface area is 134 Å². The highest BCUT2D eigenvalue weighted by atomic mass is 35.5. The second-order valence-electron chi connectivity index (χ2n) is 4.88. The third-order valence-electron chi connectivity index (χ3n) is 3.32. The molecule has 1 aromatic rings. The maximum atomic E-state index is 13.3. The fraction of sp³-hybridized carbons (Fsp3) is 0.462. The van der Waals surface area contributed by atoms with E-state index in [4.69, 9.17) is 31.3 Å². The minimum Gasteiger partial charge on any atom is -0.478 e. The molecule has 0 aliphatic carbocycles. The van der Waals surface area contributed by atoms with Gasteiger partial charge in [0.2, 0.25) is 6.29 Å². The molecule has 0 radical (unpaired) electrons. The molecule has 0 spiro atoms. The van der Waals surface area contributed by atoms with Gasteiger partial charge in [-0.25, -0.2) is 9.18 Å². The molecule has 0 bridgehead atoms. The SMILES string of the molecule is O=C(O)c1cc(F)cc(Cl)c1OC1O[C@H](CO)[C@@H](O)[C@H](O)[C@H]1O. The number of aliphatic hydroxyl groups is 4. The summed E-state index contributed by atoms with van der Waals surface area (Å²) in [6, 6.07) is 1.46. The lowest BCUT2D eigenvalue weighted by Crippen LogP contribution is -2.60. The second-order valence-corrected chi connectivity index (χ2v) is 5.29. The molecule has 1 heterocycles. The highest BCUT2D eigenvalue weighted by molar-refractivity contribution is 6.32.